The highest BCUT2D eigenvalue weighted by atomic mass is 16.6. The first-order valence-electron chi connectivity index (χ1n) is 6.58. The van der Waals surface area contributed by atoms with Crippen LogP contribution in [0, 0.1) is 0 Å². The SMILES string of the molecule is CN(CCCCC(=O)O)CCNC(=O)OC(C)(C)C. The van der Waals surface area contributed by atoms with Gasteiger partial charge in [0.2, 0.25) is 0 Å². The lowest BCUT2D eigenvalue weighted by Gasteiger charge is -2.21. The number of nitrogens with zero attached hydrogens (tertiary/aromatic N) is 1. The van der Waals surface area contributed by atoms with Crippen molar-refractivity contribution >= 4 is 12.1 Å². The predicted octanol–water partition coefficient (Wildman–Crippen LogP) is 1.70. The summed E-state index contributed by atoms with van der Waals surface area (Å²) in [4.78, 5) is 23.7. The molecule has 0 aromatic carbocycles. The summed E-state index contributed by atoms with van der Waals surface area (Å²) in [6.07, 6.45) is 1.32. The van der Waals surface area contributed by atoms with E-state index in [0.29, 0.717) is 19.5 Å². The van der Waals surface area contributed by atoms with Crippen LogP contribution in [0.4, 0.5) is 4.79 Å². The van der Waals surface area contributed by atoms with Crippen molar-refractivity contribution in [1.82, 2.24) is 10.2 Å². The van der Waals surface area contributed by atoms with E-state index < -0.39 is 17.7 Å². The number of amides is 1. The fourth-order valence-corrected chi connectivity index (χ4v) is 1.43. The minimum atomic E-state index is -0.755. The van der Waals surface area contributed by atoms with Crippen LogP contribution in [-0.4, -0.2) is 54.4 Å². The molecule has 1 amide bonds. The monoisotopic (exact) mass is 274 g/mol. The van der Waals surface area contributed by atoms with E-state index in [1.54, 1.807) is 0 Å². The number of carbonyl (C=O) groups is 2. The number of carbonyl (C=O) groups excluding carboxylic acids is 1. The van der Waals surface area contributed by atoms with Gasteiger partial charge in [0.15, 0.2) is 0 Å². The second-order valence-electron chi connectivity index (χ2n) is 5.58. The average molecular weight is 274 g/mol. The number of hydrogen-bond acceptors (Lipinski definition) is 4. The lowest BCUT2D eigenvalue weighted by atomic mass is 10.2. The van der Waals surface area contributed by atoms with E-state index >= 15 is 0 Å². The zero-order chi connectivity index (χ0) is 14.9. The molecule has 0 bridgehead atoms. The number of alkyl carbamates (subject to hydrolysis) is 1. The molecular weight excluding hydrogens is 248 g/mol. The Hall–Kier alpha value is -1.30. The minimum Gasteiger partial charge on any atom is -0.481 e. The molecule has 0 aliphatic carbocycles. The molecule has 0 unspecified atom stereocenters. The average Bonchev–Trinajstić information content (AvgIpc) is 2.21. The quantitative estimate of drug-likeness (QED) is 0.659. The van der Waals surface area contributed by atoms with Crippen molar-refractivity contribution in [2.45, 2.75) is 45.6 Å². The van der Waals surface area contributed by atoms with Crippen molar-refractivity contribution in [3.05, 3.63) is 0 Å². The molecule has 0 aromatic rings. The van der Waals surface area contributed by atoms with Gasteiger partial charge in [-0.05, 0) is 47.2 Å². The van der Waals surface area contributed by atoms with Gasteiger partial charge in [-0.1, -0.05) is 0 Å². The molecule has 0 spiro atoms. The molecule has 0 aliphatic rings. The third-order valence-electron chi connectivity index (χ3n) is 2.34. The van der Waals surface area contributed by atoms with E-state index in [9.17, 15) is 9.59 Å². The Bertz CT molecular complexity index is 287. The standard InChI is InChI=1S/C13H26N2O4/c1-13(2,3)19-12(18)14-8-10-15(4)9-6-5-7-11(16)17/h5-10H2,1-4H3,(H,14,18)(H,16,17). The van der Waals surface area contributed by atoms with Crippen molar-refractivity contribution in [2.24, 2.45) is 0 Å². The highest BCUT2D eigenvalue weighted by molar-refractivity contribution is 5.67. The maximum Gasteiger partial charge on any atom is 0.407 e. The highest BCUT2D eigenvalue weighted by Crippen LogP contribution is 2.06. The number of rotatable bonds is 8. The summed E-state index contributed by atoms with van der Waals surface area (Å²) in [6, 6.07) is 0. The van der Waals surface area contributed by atoms with Crippen molar-refractivity contribution in [1.29, 1.82) is 0 Å². The molecule has 0 saturated carbocycles. The van der Waals surface area contributed by atoms with Crippen LogP contribution in [0.15, 0.2) is 0 Å². The summed E-state index contributed by atoms with van der Waals surface area (Å²) in [6.45, 7) is 7.52. The second kappa shape index (κ2) is 8.74. The molecule has 0 fully saturated rings. The van der Waals surface area contributed by atoms with Gasteiger partial charge in [0.05, 0.1) is 0 Å². The van der Waals surface area contributed by atoms with Gasteiger partial charge in [0.1, 0.15) is 5.60 Å². The van der Waals surface area contributed by atoms with Gasteiger partial charge in [-0.3, -0.25) is 4.79 Å². The number of hydrogen-bond donors (Lipinski definition) is 2. The molecule has 6 nitrogen and oxygen atoms in total. The number of aliphatic carboxylic acids is 1. The molecule has 0 atom stereocenters. The van der Waals surface area contributed by atoms with Gasteiger partial charge in [-0.2, -0.15) is 0 Å². The van der Waals surface area contributed by atoms with Crippen LogP contribution in [0.2, 0.25) is 0 Å². The van der Waals surface area contributed by atoms with Gasteiger partial charge in [-0.15, -0.1) is 0 Å². The first kappa shape index (κ1) is 17.7. The summed E-state index contributed by atoms with van der Waals surface area (Å²) in [5.74, 6) is -0.755. The van der Waals surface area contributed by atoms with Gasteiger partial charge in [0, 0.05) is 19.5 Å². The first-order chi connectivity index (χ1) is 8.70. The highest BCUT2D eigenvalue weighted by Gasteiger charge is 2.15. The summed E-state index contributed by atoms with van der Waals surface area (Å²) in [5, 5.41) is 11.2. The van der Waals surface area contributed by atoms with Gasteiger partial charge in [0.25, 0.3) is 0 Å². The number of unbranched alkanes of at least 4 members (excludes halogenated alkanes) is 1. The number of likely N-dealkylation sites (N-methyl/N-ethyl adjacent to an activating group) is 1. The lowest BCUT2D eigenvalue weighted by Crippen LogP contribution is -2.37. The Kier molecular flexibility index (Phi) is 8.14. The number of carboxylic acid groups (broad SMARTS) is 1. The van der Waals surface area contributed by atoms with Crippen molar-refractivity contribution in [3.63, 3.8) is 0 Å². The van der Waals surface area contributed by atoms with Crippen LogP contribution >= 0.6 is 0 Å². The van der Waals surface area contributed by atoms with Crippen LogP contribution in [0.25, 0.3) is 0 Å². The first-order valence-corrected chi connectivity index (χ1v) is 6.58. The Morgan fingerprint density at radius 2 is 1.84 bits per heavy atom. The lowest BCUT2D eigenvalue weighted by molar-refractivity contribution is -0.137. The number of nitrogens with one attached hydrogen (secondary N) is 1. The summed E-state index contributed by atoms with van der Waals surface area (Å²) in [7, 11) is 1.94. The molecule has 0 heterocycles. The second-order valence-corrected chi connectivity index (χ2v) is 5.58. The maximum atomic E-state index is 11.4. The third kappa shape index (κ3) is 12.9. The summed E-state index contributed by atoms with van der Waals surface area (Å²) in [5.41, 5.74) is -0.479. The van der Waals surface area contributed by atoms with E-state index in [4.69, 9.17) is 9.84 Å². The van der Waals surface area contributed by atoms with Gasteiger partial charge < -0.3 is 20.1 Å². The van der Waals surface area contributed by atoms with Crippen molar-refractivity contribution < 1.29 is 19.4 Å². The largest absolute Gasteiger partial charge is 0.481 e. The fourth-order valence-electron chi connectivity index (χ4n) is 1.43. The Morgan fingerprint density at radius 3 is 2.37 bits per heavy atom. The molecule has 0 saturated heterocycles. The van der Waals surface area contributed by atoms with Crippen LogP contribution in [0.3, 0.4) is 0 Å². The Balaban J connectivity index is 3.55. The van der Waals surface area contributed by atoms with Crippen molar-refractivity contribution in [3.8, 4) is 0 Å². The number of ether oxygens (including phenoxy) is 1. The predicted molar refractivity (Wildman–Crippen MR) is 73.2 cm³/mol. The summed E-state index contributed by atoms with van der Waals surface area (Å²) >= 11 is 0. The van der Waals surface area contributed by atoms with Crippen LogP contribution < -0.4 is 5.32 Å². The number of carboxylic acids is 1. The van der Waals surface area contributed by atoms with Crippen LogP contribution in [0.1, 0.15) is 40.0 Å². The molecule has 19 heavy (non-hydrogen) atoms. The molecule has 6 heteroatoms. The maximum absolute atomic E-state index is 11.4. The Labute approximate surface area is 115 Å². The van der Waals surface area contributed by atoms with E-state index in [1.807, 2.05) is 27.8 Å². The molecule has 0 rings (SSSR count). The van der Waals surface area contributed by atoms with Crippen LogP contribution in [-0.2, 0) is 9.53 Å². The van der Waals surface area contributed by atoms with E-state index in [0.717, 1.165) is 13.0 Å². The summed E-state index contributed by atoms with van der Waals surface area (Å²) < 4.78 is 5.11. The zero-order valence-electron chi connectivity index (χ0n) is 12.4. The van der Waals surface area contributed by atoms with E-state index in [2.05, 4.69) is 10.2 Å². The van der Waals surface area contributed by atoms with E-state index in [-0.39, 0.29) is 6.42 Å². The molecule has 0 aliphatic heterocycles. The molecule has 0 aromatic heterocycles. The van der Waals surface area contributed by atoms with Gasteiger partial charge in [-0.25, -0.2) is 4.79 Å². The topological polar surface area (TPSA) is 78.9 Å². The van der Waals surface area contributed by atoms with Crippen LogP contribution in [0.5, 0.6) is 0 Å². The smallest absolute Gasteiger partial charge is 0.407 e. The Morgan fingerprint density at radius 1 is 1.21 bits per heavy atom. The third-order valence-corrected chi connectivity index (χ3v) is 2.34. The van der Waals surface area contributed by atoms with E-state index in [1.165, 1.54) is 0 Å². The molecule has 0 radical (unpaired) electrons. The van der Waals surface area contributed by atoms with Gasteiger partial charge >= 0.3 is 12.1 Å². The zero-order valence-corrected chi connectivity index (χ0v) is 12.4. The minimum absolute atomic E-state index is 0.212. The van der Waals surface area contributed by atoms with Crippen molar-refractivity contribution in [2.75, 3.05) is 26.7 Å². The molecule has 2 N–H and O–H groups in total. The molecule has 112 valence electrons. The molecular formula is C13H26N2O4. The fraction of sp³-hybridized carbons (Fsp3) is 0.846. The normalized spacial score (nSPS) is 11.4.